The summed E-state index contributed by atoms with van der Waals surface area (Å²) in [5.41, 5.74) is 1.96. The average molecular weight is 245 g/mol. The summed E-state index contributed by atoms with van der Waals surface area (Å²) in [6, 6.07) is 5.99. The molecule has 0 atom stereocenters. The van der Waals surface area contributed by atoms with E-state index in [0.717, 1.165) is 35.3 Å². The lowest BCUT2D eigenvalue weighted by atomic mass is 10.1. The number of ether oxygens (including phenoxy) is 1. The maximum Gasteiger partial charge on any atom is 0.224 e. The lowest BCUT2D eigenvalue weighted by Crippen LogP contribution is -2.18. The number of benzene rings is 1. The third-order valence-corrected chi connectivity index (χ3v) is 3.02. The normalized spacial score (nSPS) is 13.4. The Bertz CT molecular complexity index is 578. The van der Waals surface area contributed by atoms with Crippen LogP contribution in [0.1, 0.15) is 0 Å². The number of nitrogens with one attached hydrogen (secondary N) is 2. The maximum atomic E-state index is 5.74. The fourth-order valence-electron chi connectivity index (χ4n) is 2.13. The number of anilines is 2. The molecule has 0 radical (unpaired) electrons. The number of fused-ring (bicyclic) bond motifs is 1. The predicted molar refractivity (Wildman–Crippen MR) is 70.0 cm³/mol. The summed E-state index contributed by atoms with van der Waals surface area (Å²) in [6.45, 7) is 1.50. The zero-order valence-corrected chi connectivity index (χ0v) is 10.4. The van der Waals surface area contributed by atoms with Gasteiger partial charge in [0, 0.05) is 20.6 Å². The van der Waals surface area contributed by atoms with Gasteiger partial charge in [-0.3, -0.25) is 4.57 Å². The van der Waals surface area contributed by atoms with E-state index in [0.29, 0.717) is 6.61 Å². The minimum absolute atomic E-state index is 0.667. The van der Waals surface area contributed by atoms with Crippen molar-refractivity contribution in [2.45, 2.75) is 0 Å². The van der Waals surface area contributed by atoms with Gasteiger partial charge in [-0.15, -0.1) is 10.2 Å². The Hall–Kier alpha value is -2.24. The van der Waals surface area contributed by atoms with Crippen LogP contribution in [0.25, 0.3) is 11.4 Å². The van der Waals surface area contributed by atoms with E-state index < -0.39 is 0 Å². The summed E-state index contributed by atoms with van der Waals surface area (Å²) in [6.07, 6.45) is 0. The molecule has 6 nitrogen and oxygen atoms in total. The van der Waals surface area contributed by atoms with Crippen molar-refractivity contribution in [2.24, 2.45) is 7.05 Å². The zero-order valence-electron chi connectivity index (χ0n) is 10.4. The summed E-state index contributed by atoms with van der Waals surface area (Å²) < 4.78 is 7.65. The number of hydrogen-bond acceptors (Lipinski definition) is 5. The molecule has 0 fully saturated rings. The Morgan fingerprint density at radius 1 is 1.39 bits per heavy atom. The number of hydrogen-bond donors (Lipinski definition) is 2. The van der Waals surface area contributed by atoms with Gasteiger partial charge in [0.25, 0.3) is 0 Å². The van der Waals surface area contributed by atoms with Crippen LogP contribution >= 0.6 is 0 Å². The van der Waals surface area contributed by atoms with Crippen molar-refractivity contribution in [1.29, 1.82) is 0 Å². The van der Waals surface area contributed by atoms with Crippen molar-refractivity contribution in [3.63, 3.8) is 0 Å². The van der Waals surface area contributed by atoms with Crippen molar-refractivity contribution >= 4 is 11.6 Å². The molecule has 94 valence electrons. The number of rotatable bonds is 2. The van der Waals surface area contributed by atoms with Crippen molar-refractivity contribution in [3.8, 4) is 17.1 Å². The zero-order chi connectivity index (χ0) is 12.5. The third-order valence-electron chi connectivity index (χ3n) is 3.02. The Balaban J connectivity index is 2.14. The molecule has 0 aliphatic carbocycles. The van der Waals surface area contributed by atoms with E-state index in [2.05, 4.69) is 20.8 Å². The lowest BCUT2D eigenvalue weighted by Gasteiger charge is -2.21. The van der Waals surface area contributed by atoms with Gasteiger partial charge < -0.3 is 15.4 Å². The fraction of sp³-hybridized carbons (Fsp3) is 0.333. The molecule has 2 aromatic rings. The highest BCUT2D eigenvalue weighted by Crippen LogP contribution is 2.37. The van der Waals surface area contributed by atoms with Crippen LogP contribution in [0, 0.1) is 0 Å². The van der Waals surface area contributed by atoms with Crippen molar-refractivity contribution in [2.75, 3.05) is 30.8 Å². The van der Waals surface area contributed by atoms with E-state index in [1.165, 1.54) is 0 Å². The summed E-state index contributed by atoms with van der Waals surface area (Å²) in [5.74, 6) is 2.37. The highest BCUT2D eigenvalue weighted by atomic mass is 16.5. The minimum atomic E-state index is 0.667. The van der Waals surface area contributed by atoms with Crippen LogP contribution in [0.15, 0.2) is 18.2 Å². The second-order valence-electron chi connectivity index (χ2n) is 4.11. The molecular formula is C12H15N5O. The van der Waals surface area contributed by atoms with Crippen LogP contribution in [-0.4, -0.2) is 35.0 Å². The lowest BCUT2D eigenvalue weighted by molar-refractivity contribution is 0.324. The van der Waals surface area contributed by atoms with Gasteiger partial charge in [0.05, 0.1) is 11.3 Å². The highest BCUT2D eigenvalue weighted by molar-refractivity contribution is 5.75. The van der Waals surface area contributed by atoms with Gasteiger partial charge in [-0.1, -0.05) is 6.07 Å². The molecule has 0 amide bonds. The molecule has 0 unspecified atom stereocenters. The highest BCUT2D eigenvalue weighted by Gasteiger charge is 2.19. The van der Waals surface area contributed by atoms with Crippen LogP contribution in [0.3, 0.4) is 0 Å². The van der Waals surface area contributed by atoms with Gasteiger partial charge in [0.1, 0.15) is 6.61 Å². The van der Waals surface area contributed by atoms with Crippen LogP contribution in [0.2, 0.25) is 0 Å². The van der Waals surface area contributed by atoms with E-state index >= 15 is 0 Å². The molecule has 6 heteroatoms. The molecule has 0 bridgehead atoms. The molecule has 1 aromatic heterocycles. The second-order valence-corrected chi connectivity index (χ2v) is 4.11. The Kier molecular flexibility index (Phi) is 2.55. The molecular weight excluding hydrogens is 230 g/mol. The summed E-state index contributed by atoms with van der Waals surface area (Å²) in [5, 5.41) is 14.6. The standard InChI is InChI=1S/C12H15N5O/c1-13-12-16-15-11(17(12)2)8-4-3-5-9-10(8)18-7-6-14-9/h3-5,14H,6-7H2,1-2H3,(H,13,16). The van der Waals surface area contributed by atoms with Gasteiger partial charge in [-0.2, -0.15) is 0 Å². The quantitative estimate of drug-likeness (QED) is 0.835. The Morgan fingerprint density at radius 3 is 3.06 bits per heavy atom. The first-order valence-electron chi connectivity index (χ1n) is 5.88. The first kappa shape index (κ1) is 10.9. The number of aromatic nitrogens is 3. The second kappa shape index (κ2) is 4.21. The van der Waals surface area contributed by atoms with Gasteiger partial charge in [-0.05, 0) is 12.1 Å². The van der Waals surface area contributed by atoms with Crippen molar-refractivity contribution in [1.82, 2.24) is 14.8 Å². The number of para-hydroxylation sites is 1. The predicted octanol–water partition coefficient (Wildman–Crippen LogP) is 1.33. The topological polar surface area (TPSA) is 64.0 Å². The summed E-state index contributed by atoms with van der Waals surface area (Å²) >= 11 is 0. The molecule has 1 aliphatic rings. The summed E-state index contributed by atoms with van der Waals surface area (Å²) in [7, 11) is 3.75. The van der Waals surface area contributed by atoms with Gasteiger partial charge in [0.2, 0.25) is 5.95 Å². The van der Waals surface area contributed by atoms with Gasteiger partial charge >= 0.3 is 0 Å². The van der Waals surface area contributed by atoms with Crippen LogP contribution in [0.4, 0.5) is 11.6 Å². The molecule has 1 aliphatic heterocycles. The van der Waals surface area contributed by atoms with Crippen LogP contribution in [0.5, 0.6) is 5.75 Å². The Labute approximate surface area is 105 Å². The van der Waals surface area contributed by atoms with E-state index in [1.807, 2.05) is 36.9 Å². The SMILES string of the molecule is CNc1nnc(-c2cccc3c2OCCN3)n1C. The van der Waals surface area contributed by atoms with E-state index in [4.69, 9.17) is 4.74 Å². The molecule has 2 N–H and O–H groups in total. The van der Waals surface area contributed by atoms with Gasteiger partial charge in [0.15, 0.2) is 11.6 Å². The monoisotopic (exact) mass is 245 g/mol. The minimum Gasteiger partial charge on any atom is -0.489 e. The first-order chi connectivity index (χ1) is 8.81. The third kappa shape index (κ3) is 1.57. The first-order valence-corrected chi connectivity index (χ1v) is 5.88. The van der Waals surface area contributed by atoms with E-state index in [-0.39, 0.29) is 0 Å². The Morgan fingerprint density at radius 2 is 2.28 bits per heavy atom. The fourth-order valence-corrected chi connectivity index (χ4v) is 2.13. The molecule has 1 aromatic carbocycles. The molecule has 2 heterocycles. The van der Waals surface area contributed by atoms with Crippen molar-refractivity contribution < 1.29 is 4.74 Å². The maximum absolute atomic E-state index is 5.74. The van der Waals surface area contributed by atoms with Crippen LogP contribution < -0.4 is 15.4 Å². The van der Waals surface area contributed by atoms with Crippen molar-refractivity contribution in [3.05, 3.63) is 18.2 Å². The van der Waals surface area contributed by atoms with Crippen LogP contribution in [-0.2, 0) is 7.05 Å². The molecule has 18 heavy (non-hydrogen) atoms. The number of nitrogens with zero attached hydrogens (tertiary/aromatic N) is 3. The smallest absolute Gasteiger partial charge is 0.224 e. The average Bonchev–Trinajstić information content (AvgIpc) is 2.79. The molecule has 0 spiro atoms. The van der Waals surface area contributed by atoms with E-state index in [9.17, 15) is 0 Å². The molecule has 0 saturated carbocycles. The summed E-state index contributed by atoms with van der Waals surface area (Å²) in [4.78, 5) is 0. The van der Waals surface area contributed by atoms with E-state index in [1.54, 1.807) is 0 Å². The molecule has 3 rings (SSSR count). The van der Waals surface area contributed by atoms with Gasteiger partial charge in [-0.25, -0.2) is 0 Å². The molecule has 0 saturated heterocycles. The largest absolute Gasteiger partial charge is 0.489 e.